The van der Waals surface area contributed by atoms with Crippen molar-refractivity contribution in [2.24, 2.45) is 28.1 Å². The first kappa shape index (κ1) is 43.5. The van der Waals surface area contributed by atoms with Crippen LogP contribution in [0.25, 0.3) is 10.9 Å². The van der Waals surface area contributed by atoms with Crippen molar-refractivity contribution >= 4 is 52.3 Å². The van der Waals surface area contributed by atoms with E-state index in [4.69, 9.17) is 17.2 Å². The highest BCUT2D eigenvalue weighted by Crippen LogP contribution is 2.24. The largest absolute Gasteiger partial charge is 0.391 e. The number of unbranched alkanes of at least 4 members (excludes halogenated alkanes) is 1. The van der Waals surface area contributed by atoms with E-state index >= 15 is 0 Å². The number of aliphatic hydroxyl groups excluding tert-OH is 1. The smallest absolute Gasteiger partial charge is 0.246 e. The molecule has 2 aliphatic rings. The number of carbonyl (C=O) groups excluding carboxylic acids is 6. The number of benzene rings is 1. The maximum absolute atomic E-state index is 14.5. The van der Waals surface area contributed by atoms with Gasteiger partial charge in [-0.25, -0.2) is 0 Å². The molecule has 13 N–H and O–H groups in total. The van der Waals surface area contributed by atoms with Crippen molar-refractivity contribution in [3.63, 3.8) is 0 Å². The van der Waals surface area contributed by atoms with Gasteiger partial charge in [-0.15, -0.1) is 0 Å². The van der Waals surface area contributed by atoms with Crippen LogP contribution in [0.5, 0.6) is 0 Å². The Hall–Kier alpha value is -5.23. The van der Waals surface area contributed by atoms with Crippen LogP contribution >= 0.6 is 0 Å². The zero-order valence-corrected chi connectivity index (χ0v) is 32.5. The third-order valence-corrected chi connectivity index (χ3v) is 10.6. The Balaban J connectivity index is 1.78. The number of hydrogen-bond acceptors (Lipinski definition) is 9. The van der Waals surface area contributed by atoms with E-state index in [0.717, 1.165) is 16.5 Å². The standard InChI is InChI=1S/C38H59N11O7/c1-4-21(2)30-35(54)45-27(14-9-17-42-38(40)41)32(51)44-26(13-7-8-16-39)33(52)46-28(19-23-20-43-25-12-6-5-11-24(23)25)37(56)49-18-10-15-29(49)34(53)48-31(22(3)50)36(55)47-30/h5-6,11-12,20-22,26-31,43,50H,4,7-10,13-19,39H2,1-3H3,(H,44,51)(H,45,54)(H,46,52)(H,47,55)(H,48,53)(H4,40,41,42)/t21-,22+,26-,27+,28-,29+,30-,31-/m0/s1. The number of nitrogens with one attached hydrogen (secondary N) is 6. The molecule has 0 unspecified atom stereocenters. The van der Waals surface area contributed by atoms with Crippen LogP contribution in [0, 0.1) is 5.92 Å². The number of amides is 6. The first-order valence-corrected chi connectivity index (χ1v) is 19.6. The van der Waals surface area contributed by atoms with Crippen molar-refractivity contribution < 1.29 is 33.9 Å². The SMILES string of the molecule is CC[C@H](C)[C@@H]1NC(=O)[C@H]([C@@H](C)O)NC(=O)[C@H]2CCCN2C(=O)[C@H](Cc2c[nH]c3ccccc23)NC(=O)[C@H](CCCCN)NC(=O)[C@@H](CCCN=C(N)N)NC1=O. The number of hydrogen-bond donors (Lipinski definition) is 10. The van der Waals surface area contributed by atoms with E-state index in [9.17, 15) is 33.9 Å². The second-order valence-electron chi connectivity index (χ2n) is 14.8. The zero-order valence-electron chi connectivity index (χ0n) is 32.5. The number of fused-ring (bicyclic) bond motifs is 2. The number of aliphatic imine (C=N–C) groups is 1. The summed E-state index contributed by atoms with van der Waals surface area (Å²) in [6.45, 7) is 5.61. The molecule has 0 bridgehead atoms. The van der Waals surface area contributed by atoms with E-state index in [1.165, 1.54) is 11.8 Å². The number of guanidine groups is 1. The molecule has 6 amide bonds. The van der Waals surface area contributed by atoms with Gasteiger partial charge in [-0.3, -0.25) is 33.8 Å². The van der Waals surface area contributed by atoms with Gasteiger partial charge in [-0.1, -0.05) is 38.5 Å². The molecule has 0 radical (unpaired) electrons. The van der Waals surface area contributed by atoms with Crippen LogP contribution in [-0.2, 0) is 35.2 Å². The molecule has 2 aromatic rings. The summed E-state index contributed by atoms with van der Waals surface area (Å²) in [7, 11) is 0. The van der Waals surface area contributed by atoms with Crippen LogP contribution in [0.15, 0.2) is 35.5 Å². The molecule has 8 atom stereocenters. The summed E-state index contributed by atoms with van der Waals surface area (Å²) in [6, 6.07) is 0.379. The highest BCUT2D eigenvalue weighted by atomic mass is 16.3. The Morgan fingerprint density at radius 3 is 2.12 bits per heavy atom. The summed E-state index contributed by atoms with van der Waals surface area (Å²) in [4.78, 5) is 93.1. The molecule has 2 fully saturated rings. The molecular formula is C38H59N11O7. The molecule has 2 saturated heterocycles. The molecule has 56 heavy (non-hydrogen) atoms. The lowest BCUT2D eigenvalue weighted by atomic mass is 9.96. The van der Waals surface area contributed by atoms with Gasteiger partial charge in [-0.2, -0.15) is 0 Å². The number of para-hydroxylation sites is 1. The molecule has 0 aliphatic carbocycles. The highest BCUT2D eigenvalue weighted by Gasteiger charge is 2.41. The van der Waals surface area contributed by atoms with E-state index in [2.05, 4.69) is 36.6 Å². The predicted octanol–water partition coefficient (Wildman–Crippen LogP) is -1.25. The van der Waals surface area contributed by atoms with E-state index in [-0.39, 0.29) is 51.2 Å². The van der Waals surface area contributed by atoms with E-state index in [1.54, 1.807) is 13.1 Å². The third kappa shape index (κ3) is 11.4. The van der Waals surface area contributed by atoms with Crippen molar-refractivity contribution in [1.82, 2.24) is 36.5 Å². The molecule has 18 nitrogen and oxygen atoms in total. The summed E-state index contributed by atoms with van der Waals surface area (Å²) in [5.74, 6) is -4.55. The molecule has 0 saturated carbocycles. The Labute approximate surface area is 326 Å². The van der Waals surface area contributed by atoms with Crippen LogP contribution < -0.4 is 43.8 Å². The van der Waals surface area contributed by atoms with Crippen molar-refractivity contribution in [1.29, 1.82) is 0 Å². The first-order valence-electron chi connectivity index (χ1n) is 19.6. The van der Waals surface area contributed by atoms with E-state index < -0.39 is 83.7 Å². The fourth-order valence-electron chi connectivity index (χ4n) is 7.16. The average molecular weight is 782 g/mol. The van der Waals surface area contributed by atoms with Gasteiger partial charge >= 0.3 is 0 Å². The van der Waals surface area contributed by atoms with Crippen LogP contribution in [0.4, 0.5) is 0 Å². The number of H-pyrrole nitrogens is 1. The van der Waals surface area contributed by atoms with Gasteiger partial charge in [0.2, 0.25) is 35.4 Å². The minimum Gasteiger partial charge on any atom is -0.391 e. The van der Waals surface area contributed by atoms with Crippen molar-refractivity contribution in [2.75, 3.05) is 19.6 Å². The zero-order chi connectivity index (χ0) is 40.9. The second kappa shape index (κ2) is 20.6. The molecule has 308 valence electrons. The maximum Gasteiger partial charge on any atom is 0.246 e. The Bertz CT molecular complexity index is 1730. The van der Waals surface area contributed by atoms with Crippen LogP contribution in [0.2, 0.25) is 0 Å². The van der Waals surface area contributed by atoms with Crippen molar-refractivity contribution in [3.05, 3.63) is 36.0 Å². The monoisotopic (exact) mass is 781 g/mol. The van der Waals surface area contributed by atoms with Gasteiger partial charge in [0.25, 0.3) is 0 Å². The molecule has 0 spiro atoms. The lowest BCUT2D eigenvalue weighted by Gasteiger charge is -2.33. The second-order valence-corrected chi connectivity index (χ2v) is 14.8. The molecule has 2 aliphatic heterocycles. The maximum atomic E-state index is 14.5. The van der Waals surface area contributed by atoms with Crippen LogP contribution in [-0.4, -0.2) is 118 Å². The summed E-state index contributed by atoms with van der Waals surface area (Å²) in [5, 5.41) is 25.3. The lowest BCUT2D eigenvalue weighted by Crippen LogP contribution is -2.63. The summed E-state index contributed by atoms with van der Waals surface area (Å²) < 4.78 is 0. The lowest BCUT2D eigenvalue weighted by molar-refractivity contribution is -0.143. The van der Waals surface area contributed by atoms with Gasteiger partial charge in [0.15, 0.2) is 5.96 Å². The summed E-state index contributed by atoms with van der Waals surface area (Å²) in [5.41, 5.74) is 18.3. The number of aromatic amines is 1. The van der Waals surface area contributed by atoms with Crippen molar-refractivity contribution in [3.8, 4) is 0 Å². The number of rotatable bonds is 13. The van der Waals surface area contributed by atoms with Gasteiger partial charge < -0.3 is 58.8 Å². The Kier molecular flexibility index (Phi) is 16.0. The highest BCUT2D eigenvalue weighted by molar-refractivity contribution is 5.99. The van der Waals surface area contributed by atoms with Crippen LogP contribution in [0.1, 0.15) is 77.7 Å². The fourth-order valence-corrected chi connectivity index (χ4v) is 7.16. The molecule has 1 aromatic carbocycles. The predicted molar refractivity (Wildman–Crippen MR) is 210 cm³/mol. The Morgan fingerprint density at radius 1 is 0.839 bits per heavy atom. The topological polar surface area (TPSA) is 292 Å². The molecule has 4 rings (SSSR count). The minimum absolute atomic E-state index is 0.0576. The number of aromatic nitrogens is 1. The van der Waals surface area contributed by atoms with Gasteiger partial charge in [0.05, 0.1) is 6.10 Å². The summed E-state index contributed by atoms with van der Waals surface area (Å²) in [6.07, 6.45) is 3.19. The number of aliphatic hydroxyl groups is 1. The quantitative estimate of drug-likeness (QED) is 0.0655. The molecular weight excluding hydrogens is 722 g/mol. The summed E-state index contributed by atoms with van der Waals surface area (Å²) >= 11 is 0. The van der Waals surface area contributed by atoms with E-state index in [0.29, 0.717) is 32.2 Å². The van der Waals surface area contributed by atoms with Gasteiger partial charge in [-0.05, 0) is 76.0 Å². The minimum atomic E-state index is -1.48. The first-order chi connectivity index (χ1) is 26.7. The van der Waals surface area contributed by atoms with Crippen LogP contribution in [0.3, 0.4) is 0 Å². The number of carbonyl (C=O) groups is 6. The van der Waals surface area contributed by atoms with Gasteiger partial charge in [0, 0.05) is 36.6 Å². The number of nitrogens with zero attached hydrogens (tertiary/aromatic N) is 2. The van der Waals surface area contributed by atoms with Gasteiger partial charge in [0.1, 0.15) is 36.3 Å². The number of nitrogens with two attached hydrogens (primary N) is 3. The molecule has 3 heterocycles. The van der Waals surface area contributed by atoms with Crippen molar-refractivity contribution in [2.45, 2.75) is 121 Å². The molecule has 18 heteroatoms. The third-order valence-electron chi connectivity index (χ3n) is 10.6. The Morgan fingerprint density at radius 2 is 1.46 bits per heavy atom. The normalized spacial score (nSPS) is 25.5. The van der Waals surface area contributed by atoms with E-state index in [1.807, 2.05) is 31.2 Å². The average Bonchev–Trinajstić information content (AvgIpc) is 3.83. The molecule has 1 aromatic heterocycles. The fraction of sp³-hybridized carbons (Fsp3) is 0.605.